The lowest BCUT2D eigenvalue weighted by atomic mass is 10.1. The number of nitrogens with zero attached hydrogens (tertiary/aromatic N) is 2. The maximum Gasteiger partial charge on any atom is 0.339 e. The van der Waals surface area contributed by atoms with Crippen LogP contribution < -0.4 is 0 Å². The fourth-order valence-corrected chi connectivity index (χ4v) is 1.95. The van der Waals surface area contributed by atoms with E-state index in [0.29, 0.717) is 5.56 Å². The molecule has 0 aromatic carbocycles. The number of carboxylic acid groups (broad SMARTS) is 1. The molecule has 1 aromatic rings. The van der Waals surface area contributed by atoms with Crippen LogP contribution in [0.4, 0.5) is 0 Å². The lowest BCUT2D eigenvalue weighted by Crippen LogP contribution is -2.10. The van der Waals surface area contributed by atoms with Gasteiger partial charge >= 0.3 is 5.97 Å². The second-order valence-corrected chi connectivity index (χ2v) is 3.70. The number of hydrogen-bond donors (Lipinski definition) is 1. The van der Waals surface area contributed by atoms with Crippen molar-refractivity contribution in [3.63, 3.8) is 0 Å². The number of aromatic nitrogens is 2. The van der Waals surface area contributed by atoms with Crippen molar-refractivity contribution >= 4 is 5.97 Å². The van der Waals surface area contributed by atoms with Crippen LogP contribution in [0.2, 0.25) is 0 Å². The lowest BCUT2D eigenvalue weighted by Gasteiger charge is -2.11. The van der Waals surface area contributed by atoms with Crippen molar-refractivity contribution in [1.29, 1.82) is 0 Å². The van der Waals surface area contributed by atoms with E-state index in [-0.39, 0.29) is 0 Å². The third-order valence-electron chi connectivity index (χ3n) is 2.71. The van der Waals surface area contributed by atoms with Crippen LogP contribution >= 0.6 is 0 Å². The number of carboxylic acids is 1. The molecular formula is C10H14N2O2. The molecule has 0 amide bonds. The summed E-state index contributed by atoms with van der Waals surface area (Å²) in [5, 5.41) is 13.1. The minimum Gasteiger partial charge on any atom is -0.478 e. The summed E-state index contributed by atoms with van der Waals surface area (Å²) in [5.41, 5.74) is 1.28. The van der Waals surface area contributed by atoms with E-state index >= 15 is 0 Å². The zero-order chi connectivity index (χ0) is 9.97. The van der Waals surface area contributed by atoms with E-state index in [0.717, 1.165) is 31.5 Å². The molecule has 4 nitrogen and oxygen atoms in total. The number of rotatable bonds is 1. The zero-order valence-electron chi connectivity index (χ0n) is 8.07. The van der Waals surface area contributed by atoms with Gasteiger partial charge in [0.15, 0.2) is 0 Å². The SMILES string of the molecule is O=C(O)c1cnn2c1CCCCCC2. The summed E-state index contributed by atoms with van der Waals surface area (Å²) < 4.78 is 1.85. The summed E-state index contributed by atoms with van der Waals surface area (Å²) in [4.78, 5) is 10.9. The molecule has 14 heavy (non-hydrogen) atoms. The summed E-state index contributed by atoms with van der Waals surface area (Å²) in [5.74, 6) is -0.855. The van der Waals surface area contributed by atoms with Gasteiger partial charge in [-0.2, -0.15) is 5.10 Å². The number of fused-ring (bicyclic) bond motifs is 1. The summed E-state index contributed by atoms with van der Waals surface area (Å²) in [6.07, 6.45) is 6.93. The van der Waals surface area contributed by atoms with Crippen LogP contribution in [0.25, 0.3) is 0 Å². The molecule has 0 bridgehead atoms. The molecule has 4 heteroatoms. The molecular weight excluding hydrogens is 180 g/mol. The Balaban J connectivity index is 2.33. The smallest absolute Gasteiger partial charge is 0.339 e. The molecule has 1 aliphatic rings. The van der Waals surface area contributed by atoms with Crippen molar-refractivity contribution in [2.24, 2.45) is 0 Å². The largest absolute Gasteiger partial charge is 0.478 e. The number of aromatic carboxylic acids is 1. The summed E-state index contributed by atoms with van der Waals surface area (Å²) >= 11 is 0. The third kappa shape index (κ3) is 1.64. The Morgan fingerprint density at radius 2 is 2.14 bits per heavy atom. The monoisotopic (exact) mass is 194 g/mol. The molecule has 1 N–H and O–H groups in total. The predicted molar refractivity (Wildman–Crippen MR) is 51.4 cm³/mol. The first kappa shape index (κ1) is 9.24. The number of carbonyl (C=O) groups is 1. The van der Waals surface area contributed by atoms with Gasteiger partial charge in [0.05, 0.1) is 11.9 Å². The molecule has 0 atom stereocenters. The molecule has 0 radical (unpaired) electrons. The van der Waals surface area contributed by atoms with Crippen molar-refractivity contribution in [2.75, 3.05) is 0 Å². The highest BCUT2D eigenvalue weighted by Crippen LogP contribution is 2.17. The van der Waals surface area contributed by atoms with Gasteiger partial charge in [0.1, 0.15) is 5.56 Å². The number of hydrogen-bond acceptors (Lipinski definition) is 2. The first-order valence-corrected chi connectivity index (χ1v) is 5.07. The second kappa shape index (κ2) is 3.82. The van der Waals surface area contributed by atoms with Gasteiger partial charge in [-0.05, 0) is 19.3 Å². The Morgan fingerprint density at radius 1 is 1.36 bits per heavy atom. The fraction of sp³-hybridized carbons (Fsp3) is 0.600. The number of aryl methyl sites for hydroxylation is 1. The molecule has 0 saturated carbocycles. The van der Waals surface area contributed by atoms with E-state index in [9.17, 15) is 4.79 Å². The Kier molecular flexibility index (Phi) is 2.52. The van der Waals surface area contributed by atoms with Gasteiger partial charge in [-0.15, -0.1) is 0 Å². The molecule has 2 heterocycles. The van der Waals surface area contributed by atoms with E-state index in [2.05, 4.69) is 5.10 Å². The topological polar surface area (TPSA) is 55.1 Å². The van der Waals surface area contributed by atoms with Crippen LogP contribution in [0.15, 0.2) is 6.20 Å². The molecule has 1 aromatic heterocycles. The summed E-state index contributed by atoms with van der Waals surface area (Å²) in [6.45, 7) is 0.864. The molecule has 0 saturated heterocycles. The molecule has 0 spiro atoms. The van der Waals surface area contributed by atoms with Crippen molar-refractivity contribution in [1.82, 2.24) is 9.78 Å². The first-order valence-electron chi connectivity index (χ1n) is 5.07. The Labute approximate surface area is 82.5 Å². The van der Waals surface area contributed by atoms with Crippen LogP contribution in [0.1, 0.15) is 41.7 Å². The maximum absolute atomic E-state index is 10.9. The van der Waals surface area contributed by atoms with Crippen LogP contribution in [0.3, 0.4) is 0 Å². The lowest BCUT2D eigenvalue weighted by molar-refractivity contribution is 0.0695. The van der Waals surface area contributed by atoms with Crippen molar-refractivity contribution < 1.29 is 9.90 Å². The standard InChI is InChI=1S/C10H14N2O2/c13-10(14)8-7-11-12-6-4-2-1-3-5-9(8)12/h7H,1-6H2,(H,13,14). The molecule has 76 valence electrons. The van der Waals surface area contributed by atoms with E-state index in [1.807, 2.05) is 4.68 Å². The molecule has 0 fully saturated rings. The average molecular weight is 194 g/mol. The molecule has 2 rings (SSSR count). The van der Waals surface area contributed by atoms with Gasteiger partial charge in [-0.1, -0.05) is 12.8 Å². The normalized spacial score (nSPS) is 16.9. The van der Waals surface area contributed by atoms with Crippen molar-refractivity contribution in [2.45, 2.75) is 38.6 Å². The summed E-state index contributed by atoms with van der Waals surface area (Å²) in [6, 6.07) is 0. The molecule has 0 aliphatic carbocycles. The minimum absolute atomic E-state index is 0.381. The highest BCUT2D eigenvalue weighted by Gasteiger charge is 2.17. The zero-order valence-corrected chi connectivity index (χ0v) is 8.07. The Morgan fingerprint density at radius 3 is 2.93 bits per heavy atom. The maximum atomic E-state index is 10.9. The van der Waals surface area contributed by atoms with E-state index in [1.54, 1.807) is 0 Å². The highest BCUT2D eigenvalue weighted by atomic mass is 16.4. The first-order chi connectivity index (χ1) is 6.79. The second-order valence-electron chi connectivity index (χ2n) is 3.70. The van der Waals surface area contributed by atoms with Crippen molar-refractivity contribution in [3.8, 4) is 0 Å². The quantitative estimate of drug-likeness (QED) is 0.740. The van der Waals surface area contributed by atoms with Crippen LogP contribution in [0.5, 0.6) is 0 Å². The van der Waals surface area contributed by atoms with E-state index in [4.69, 9.17) is 5.11 Å². The third-order valence-corrected chi connectivity index (χ3v) is 2.71. The van der Waals surface area contributed by atoms with Gasteiger partial charge in [0.25, 0.3) is 0 Å². The molecule has 1 aliphatic heterocycles. The van der Waals surface area contributed by atoms with Gasteiger partial charge in [0.2, 0.25) is 0 Å². The van der Waals surface area contributed by atoms with E-state index < -0.39 is 5.97 Å². The van der Waals surface area contributed by atoms with Gasteiger partial charge in [0, 0.05) is 6.54 Å². The van der Waals surface area contributed by atoms with Crippen LogP contribution in [-0.2, 0) is 13.0 Å². The average Bonchev–Trinajstić information content (AvgIpc) is 2.47. The highest BCUT2D eigenvalue weighted by molar-refractivity contribution is 5.88. The van der Waals surface area contributed by atoms with Gasteiger partial charge in [-0.25, -0.2) is 4.79 Å². The summed E-state index contributed by atoms with van der Waals surface area (Å²) in [7, 11) is 0. The van der Waals surface area contributed by atoms with Crippen LogP contribution in [-0.4, -0.2) is 20.9 Å². The fourth-order valence-electron chi connectivity index (χ4n) is 1.95. The van der Waals surface area contributed by atoms with Gasteiger partial charge in [-0.3, -0.25) is 4.68 Å². The minimum atomic E-state index is -0.855. The Bertz CT molecular complexity index is 344. The Hall–Kier alpha value is -1.32. The van der Waals surface area contributed by atoms with Crippen molar-refractivity contribution in [3.05, 3.63) is 17.5 Å². The molecule has 0 unspecified atom stereocenters. The van der Waals surface area contributed by atoms with Crippen LogP contribution in [0, 0.1) is 0 Å². The van der Waals surface area contributed by atoms with Gasteiger partial charge < -0.3 is 5.11 Å². The predicted octanol–water partition coefficient (Wildman–Crippen LogP) is 1.70. The van der Waals surface area contributed by atoms with E-state index in [1.165, 1.54) is 19.0 Å².